The molecule has 1 aromatic heterocycles. The lowest BCUT2D eigenvalue weighted by molar-refractivity contribution is 0.0919. The number of amides is 1. The Morgan fingerprint density at radius 2 is 2.10 bits per heavy atom. The minimum Gasteiger partial charge on any atom is -0.453 e. The number of hydrogen-bond acceptors (Lipinski definition) is 5. The molecule has 1 saturated heterocycles. The molecule has 0 unspecified atom stereocenters. The Labute approximate surface area is 124 Å². The molecule has 7 nitrogen and oxygen atoms in total. The molecule has 0 atom stereocenters. The highest BCUT2D eigenvalue weighted by Gasteiger charge is 2.25. The summed E-state index contributed by atoms with van der Waals surface area (Å²) in [5, 5.41) is 2.55. The van der Waals surface area contributed by atoms with Gasteiger partial charge < -0.3 is 14.5 Å². The molecular formula is C13H20N2O5S. The normalized spacial score (nSPS) is 16.2. The van der Waals surface area contributed by atoms with Crippen LogP contribution >= 0.6 is 0 Å². The molecule has 1 fully saturated rings. The van der Waals surface area contributed by atoms with E-state index in [4.69, 9.17) is 9.15 Å². The minimum absolute atomic E-state index is 0.0674. The summed E-state index contributed by atoms with van der Waals surface area (Å²) in [6, 6.07) is 3.19. The van der Waals surface area contributed by atoms with E-state index in [1.807, 2.05) is 0 Å². The molecule has 21 heavy (non-hydrogen) atoms. The van der Waals surface area contributed by atoms with Crippen LogP contribution in [0.1, 0.15) is 29.2 Å². The predicted molar refractivity (Wildman–Crippen MR) is 76.3 cm³/mol. The second-order valence-corrected chi connectivity index (χ2v) is 6.97. The van der Waals surface area contributed by atoms with Crippen LogP contribution < -0.4 is 5.32 Å². The molecule has 0 spiro atoms. The molecule has 1 aromatic rings. The maximum absolute atomic E-state index is 12.0. The lowest BCUT2D eigenvalue weighted by Gasteiger charge is -2.15. The summed E-state index contributed by atoms with van der Waals surface area (Å²) in [5.74, 6) is 0.187. The summed E-state index contributed by atoms with van der Waals surface area (Å²) in [6.45, 7) is 1.51. The predicted octanol–water partition coefficient (Wildman–Crippen LogP) is 0.581. The van der Waals surface area contributed by atoms with Crippen LogP contribution in [-0.2, 0) is 21.4 Å². The molecule has 2 rings (SSSR count). The Balaban J connectivity index is 1.80. The maximum Gasteiger partial charge on any atom is 0.287 e. The Bertz CT molecular complexity index is 575. The Hall–Kier alpha value is -1.38. The molecule has 1 amide bonds. The zero-order valence-electron chi connectivity index (χ0n) is 12.0. The van der Waals surface area contributed by atoms with Crippen molar-refractivity contribution in [2.45, 2.75) is 19.4 Å². The summed E-state index contributed by atoms with van der Waals surface area (Å²) < 4.78 is 35.6. The third-order valence-corrected chi connectivity index (χ3v) is 5.15. The van der Waals surface area contributed by atoms with Crippen LogP contribution in [0.15, 0.2) is 16.5 Å². The molecular weight excluding hydrogens is 296 g/mol. The van der Waals surface area contributed by atoms with Crippen molar-refractivity contribution in [2.75, 3.05) is 32.5 Å². The van der Waals surface area contributed by atoms with Crippen molar-refractivity contribution < 1.29 is 22.4 Å². The van der Waals surface area contributed by atoms with Gasteiger partial charge in [-0.15, -0.1) is 0 Å². The SMILES string of the molecule is COCc1ccc(C(=O)NCCS(=O)(=O)N2CCCC2)o1. The summed E-state index contributed by atoms with van der Waals surface area (Å²) in [4.78, 5) is 11.8. The van der Waals surface area contributed by atoms with E-state index in [9.17, 15) is 13.2 Å². The maximum atomic E-state index is 12.0. The van der Waals surface area contributed by atoms with Crippen LogP contribution in [0.5, 0.6) is 0 Å². The van der Waals surface area contributed by atoms with Gasteiger partial charge in [0.2, 0.25) is 10.0 Å². The van der Waals surface area contributed by atoms with E-state index in [0.29, 0.717) is 18.8 Å². The quantitative estimate of drug-likeness (QED) is 0.795. The van der Waals surface area contributed by atoms with Gasteiger partial charge in [-0.2, -0.15) is 0 Å². The number of furan rings is 1. The third-order valence-electron chi connectivity index (χ3n) is 3.28. The van der Waals surface area contributed by atoms with Crippen LogP contribution in [0.4, 0.5) is 0 Å². The van der Waals surface area contributed by atoms with Crippen LogP contribution in [0.3, 0.4) is 0 Å². The first-order valence-corrected chi connectivity index (χ1v) is 8.47. The van der Waals surface area contributed by atoms with E-state index < -0.39 is 15.9 Å². The second-order valence-electron chi connectivity index (χ2n) is 4.88. The topological polar surface area (TPSA) is 88.8 Å². The van der Waals surface area contributed by atoms with Crippen molar-refractivity contribution in [1.29, 1.82) is 0 Å². The lowest BCUT2D eigenvalue weighted by atomic mass is 10.4. The molecule has 118 valence electrons. The van der Waals surface area contributed by atoms with Gasteiger partial charge in [-0.1, -0.05) is 0 Å². The number of rotatable bonds is 7. The highest BCUT2D eigenvalue weighted by molar-refractivity contribution is 7.89. The fourth-order valence-electron chi connectivity index (χ4n) is 2.20. The molecule has 0 radical (unpaired) electrons. The van der Waals surface area contributed by atoms with E-state index in [-0.39, 0.29) is 24.7 Å². The van der Waals surface area contributed by atoms with Crippen LogP contribution in [0.2, 0.25) is 0 Å². The Morgan fingerprint density at radius 3 is 2.76 bits per heavy atom. The smallest absolute Gasteiger partial charge is 0.287 e. The van der Waals surface area contributed by atoms with Gasteiger partial charge >= 0.3 is 0 Å². The standard InChI is InChI=1S/C13H20N2O5S/c1-19-10-11-4-5-12(20-11)13(16)14-6-9-21(17,18)15-7-2-3-8-15/h4-5H,2-3,6-10H2,1H3,(H,14,16). The molecule has 1 N–H and O–H groups in total. The number of sulfonamides is 1. The average Bonchev–Trinajstić information content (AvgIpc) is 3.10. The van der Waals surface area contributed by atoms with Gasteiger partial charge in [-0.25, -0.2) is 12.7 Å². The number of methoxy groups -OCH3 is 1. The van der Waals surface area contributed by atoms with Gasteiger partial charge in [0.15, 0.2) is 5.76 Å². The zero-order chi connectivity index (χ0) is 15.3. The largest absolute Gasteiger partial charge is 0.453 e. The van der Waals surface area contributed by atoms with Crippen molar-refractivity contribution >= 4 is 15.9 Å². The molecule has 0 aliphatic carbocycles. The first-order chi connectivity index (χ1) is 10.0. The molecule has 2 heterocycles. The minimum atomic E-state index is -3.27. The van der Waals surface area contributed by atoms with Gasteiger partial charge in [0, 0.05) is 26.7 Å². The number of hydrogen-bond donors (Lipinski definition) is 1. The molecule has 0 bridgehead atoms. The number of nitrogens with zero attached hydrogens (tertiary/aromatic N) is 1. The molecule has 0 aromatic carbocycles. The summed E-state index contributed by atoms with van der Waals surface area (Å²) in [6.07, 6.45) is 1.81. The average molecular weight is 316 g/mol. The highest BCUT2D eigenvalue weighted by atomic mass is 32.2. The summed E-state index contributed by atoms with van der Waals surface area (Å²) in [7, 11) is -1.74. The Morgan fingerprint density at radius 1 is 1.38 bits per heavy atom. The number of nitrogens with one attached hydrogen (secondary N) is 1. The van der Waals surface area contributed by atoms with Crippen LogP contribution in [-0.4, -0.2) is 51.1 Å². The number of ether oxygens (including phenoxy) is 1. The van der Waals surface area contributed by atoms with E-state index >= 15 is 0 Å². The fraction of sp³-hybridized carbons (Fsp3) is 0.615. The summed E-state index contributed by atoms with van der Waals surface area (Å²) in [5.41, 5.74) is 0. The van der Waals surface area contributed by atoms with Crippen LogP contribution in [0.25, 0.3) is 0 Å². The van der Waals surface area contributed by atoms with Crippen molar-refractivity contribution in [3.63, 3.8) is 0 Å². The van der Waals surface area contributed by atoms with Gasteiger partial charge in [0.05, 0.1) is 5.75 Å². The van der Waals surface area contributed by atoms with Crippen molar-refractivity contribution in [1.82, 2.24) is 9.62 Å². The number of carbonyl (C=O) groups is 1. The molecule has 1 aliphatic heterocycles. The molecule has 0 saturated carbocycles. The monoisotopic (exact) mass is 316 g/mol. The van der Waals surface area contributed by atoms with Crippen molar-refractivity contribution in [2.24, 2.45) is 0 Å². The van der Waals surface area contributed by atoms with Crippen molar-refractivity contribution in [3.8, 4) is 0 Å². The number of carbonyl (C=O) groups excluding carboxylic acids is 1. The van der Waals surface area contributed by atoms with Gasteiger partial charge in [0.25, 0.3) is 5.91 Å². The first kappa shape index (κ1) is 16.0. The zero-order valence-corrected chi connectivity index (χ0v) is 12.8. The van der Waals surface area contributed by atoms with Crippen molar-refractivity contribution in [3.05, 3.63) is 23.7 Å². The Kier molecular flexibility index (Phi) is 5.38. The second kappa shape index (κ2) is 7.06. The molecule has 1 aliphatic rings. The van der Waals surface area contributed by atoms with E-state index in [1.54, 1.807) is 12.1 Å². The first-order valence-electron chi connectivity index (χ1n) is 6.86. The fourth-order valence-corrected chi connectivity index (χ4v) is 3.63. The van der Waals surface area contributed by atoms with Gasteiger partial charge in [-0.05, 0) is 25.0 Å². The molecule has 8 heteroatoms. The van der Waals surface area contributed by atoms with Gasteiger partial charge in [-0.3, -0.25) is 4.79 Å². The lowest BCUT2D eigenvalue weighted by Crippen LogP contribution is -2.36. The van der Waals surface area contributed by atoms with E-state index in [1.165, 1.54) is 11.4 Å². The highest BCUT2D eigenvalue weighted by Crippen LogP contribution is 2.13. The summed E-state index contributed by atoms with van der Waals surface area (Å²) >= 11 is 0. The third kappa shape index (κ3) is 4.29. The van der Waals surface area contributed by atoms with Crippen LogP contribution in [0, 0.1) is 0 Å². The van der Waals surface area contributed by atoms with E-state index in [2.05, 4.69) is 5.32 Å². The van der Waals surface area contributed by atoms with Gasteiger partial charge in [0.1, 0.15) is 12.4 Å². The van der Waals surface area contributed by atoms with E-state index in [0.717, 1.165) is 12.8 Å².